The zero-order valence-corrected chi connectivity index (χ0v) is 13.7. The van der Waals surface area contributed by atoms with Crippen molar-refractivity contribution in [2.45, 2.75) is 0 Å². The fraction of sp³-hybridized carbons (Fsp3) is 0.500. The van der Waals surface area contributed by atoms with Gasteiger partial charge in [-0.1, -0.05) is 11.8 Å². The summed E-state index contributed by atoms with van der Waals surface area (Å²) in [5.74, 6) is 0. The Balaban J connectivity index is 0.00000144. The number of rotatable bonds is 2. The molecular formula is C6H10INS5. The Labute approximate surface area is 117 Å². The van der Waals surface area contributed by atoms with Gasteiger partial charge in [0.15, 0.2) is 0 Å². The first-order valence-corrected chi connectivity index (χ1v) is 8.99. The molecule has 0 amide bonds. The number of hydrogen-bond acceptors (Lipinski definition) is 5. The van der Waals surface area contributed by atoms with Gasteiger partial charge in [0, 0.05) is 10.8 Å². The highest BCUT2D eigenvalue weighted by molar-refractivity contribution is 8.77. The van der Waals surface area contributed by atoms with Crippen LogP contribution in [-0.4, -0.2) is 23.8 Å². The van der Waals surface area contributed by atoms with E-state index in [0.717, 1.165) is 0 Å². The Morgan fingerprint density at radius 1 is 1.08 bits per heavy atom. The summed E-state index contributed by atoms with van der Waals surface area (Å²) in [6.45, 7) is 0. The quantitative estimate of drug-likeness (QED) is 0.374. The lowest BCUT2D eigenvalue weighted by molar-refractivity contribution is -0.234. The van der Waals surface area contributed by atoms with Gasteiger partial charge in [-0.25, -0.2) is 0 Å². The lowest BCUT2D eigenvalue weighted by Crippen LogP contribution is -3.00. The molecular weight excluding hydrogens is 373 g/mol. The molecule has 0 unspecified atom stereocenters. The van der Waals surface area contributed by atoms with E-state index in [0.29, 0.717) is 0 Å². The molecule has 0 bridgehead atoms. The smallest absolute Gasteiger partial charge is 0.262 e. The van der Waals surface area contributed by atoms with Crippen molar-refractivity contribution >= 4 is 62.1 Å². The maximum absolute atomic E-state index is 3.30. The molecule has 1 nitrogen and oxygen atoms in total. The van der Waals surface area contributed by atoms with Crippen LogP contribution in [0.4, 0.5) is 0 Å². The van der Waals surface area contributed by atoms with Crippen molar-refractivity contribution < 1.29 is 28.4 Å². The fourth-order valence-corrected chi connectivity index (χ4v) is 6.55. The molecule has 1 rings (SSSR count). The molecule has 0 fully saturated rings. The Hall–Kier alpha value is 1.89. The van der Waals surface area contributed by atoms with E-state index in [4.69, 9.17) is 0 Å². The Morgan fingerprint density at radius 3 is 2.23 bits per heavy atom. The number of nitrogens with one attached hydrogen (secondary N) is 1. The summed E-state index contributed by atoms with van der Waals surface area (Å²) >= 11 is 5.42. The summed E-state index contributed by atoms with van der Waals surface area (Å²) in [6, 6.07) is 0. The Bertz CT molecular complexity index is 227. The number of thioether (sulfide) groups is 3. The monoisotopic (exact) mass is 383 g/mol. The number of hydrogen-bond donors (Lipinski definition) is 1. The fourth-order valence-electron chi connectivity index (χ4n) is 0.711. The average molecular weight is 383 g/mol. The van der Waals surface area contributed by atoms with Crippen LogP contribution in [0.25, 0.3) is 0 Å². The van der Waals surface area contributed by atoms with Gasteiger partial charge in [0.05, 0.1) is 4.24 Å². The van der Waals surface area contributed by atoms with Gasteiger partial charge in [0.25, 0.3) is 5.04 Å². The van der Waals surface area contributed by atoms with Gasteiger partial charge in [-0.05, 0) is 18.8 Å². The minimum atomic E-state index is 0. The van der Waals surface area contributed by atoms with Crippen LogP contribution in [0.15, 0.2) is 9.14 Å². The van der Waals surface area contributed by atoms with Crippen molar-refractivity contribution in [2.75, 3.05) is 18.8 Å². The van der Waals surface area contributed by atoms with Crippen LogP contribution in [-0.2, 0) is 0 Å². The van der Waals surface area contributed by atoms with Gasteiger partial charge in [0.2, 0.25) is 11.0 Å². The van der Waals surface area contributed by atoms with Crippen molar-refractivity contribution in [1.29, 1.82) is 0 Å². The zero-order chi connectivity index (χ0) is 8.97. The van der Waals surface area contributed by atoms with Gasteiger partial charge in [-0.15, -0.1) is 23.5 Å². The largest absolute Gasteiger partial charge is 1.00 e. The average Bonchev–Trinajstić information content (AvgIpc) is 2.16. The van der Waals surface area contributed by atoms with Crippen LogP contribution in [0.2, 0.25) is 0 Å². The highest BCUT2D eigenvalue weighted by atomic mass is 127. The molecule has 7 heteroatoms. The van der Waals surface area contributed by atoms with Crippen molar-refractivity contribution in [3.63, 3.8) is 0 Å². The molecule has 0 spiro atoms. The van der Waals surface area contributed by atoms with Crippen LogP contribution in [0, 0.1) is 0 Å². The molecule has 0 aliphatic carbocycles. The van der Waals surface area contributed by atoms with E-state index in [1.807, 2.05) is 34.3 Å². The van der Waals surface area contributed by atoms with Gasteiger partial charge >= 0.3 is 0 Å². The zero-order valence-electron chi connectivity index (χ0n) is 7.42. The van der Waals surface area contributed by atoms with Crippen molar-refractivity contribution in [3.05, 3.63) is 9.14 Å². The lowest BCUT2D eigenvalue weighted by atomic mass is 10.7. The van der Waals surface area contributed by atoms with Crippen molar-refractivity contribution in [1.82, 2.24) is 0 Å². The molecule has 0 radical (unpaired) electrons. The van der Waals surface area contributed by atoms with E-state index in [1.54, 1.807) is 22.7 Å². The van der Waals surface area contributed by atoms with Crippen molar-refractivity contribution in [2.24, 2.45) is 0 Å². The molecule has 76 valence electrons. The summed E-state index contributed by atoms with van der Waals surface area (Å²) in [5.41, 5.74) is 0. The molecule has 0 saturated heterocycles. The van der Waals surface area contributed by atoms with Crippen molar-refractivity contribution in [3.8, 4) is 0 Å². The van der Waals surface area contributed by atoms with Crippen LogP contribution in [0.5, 0.6) is 0 Å². The first-order valence-electron chi connectivity index (χ1n) is 3.16. The summed E-state index contributed by atoms with van der Waals surface area (Å²) in [5, 5.41) is 1.29. The second kappa shape index (κ2) is 8.09. The molecule has 0 aromatic heterocycles. The second-order valence-electron chi connectivity index (χ2n) is 1.83. The summed E-state index contributed by atoms with van der Waals surface area (Å²) in [6.07, 6.45) is 6.36. The van der Waals surface area contributed by atoms with E-state index in [-0.39, 0.29) is 24.0 Å². The second-order valence-corrected chi connectivity index (χ2v) is 6.48. The van der Waals surface area contributed by atoms with Gasteiger partial charge in [0.1, 0.15) is 4.91 Å². The minimum absolute atomic E-state index is 0. The third-order valence-electron chi connectivity index (χ3n) is 1.24. The summed E-state index contributed by atoms with van der Waals surface area (Å²) in [4.78, 5) is 1.39. The van der Waals surface area contributed by atoms with E-state index in [2.05, 4.69) is 23.2 Å². The van der Waals surface area contributed by atoms with Gasteiger partial charge < -0.3 is 24.0 Å². The molecule has 1 N–H and O–H groups in total. The van der Waals surface area contributed by atoms with Crippen LogP contribution in [0.3, 0.4) is 0 Å². The third kappa shape index (κ3) is 4.10. The first-order chi connectivity index (χ1) is 5.83. The molecule has 0 aromatic rings. The van der Waals surface area contributed by atoms with E-state index < -0.39 is 0 Å². The van der Waals surface area contributed by atoms with E-state index >= 15 is 0 Å². The highest BCUT2D eigenvalue weighted by Crippen LogP contribution is 2.41. The standard InChI is InChI=1S/C6H9NS5.HI/c1-8-4-5(9-2)7-12-11-6(4)10-3;/h1-3H3;1H. The molecule has 0 saturated carbocycles. The third-order valence-corrected chi connectivity index (χ3v) is 6.65. The summed E-state index contributed by atoms with van der Waals surface area (Å²) < 4.78 is 4.71. The predicted octanol–water partition coefficient (Wildman–Crippen LogP) is -0.962. The SMILES string of the molecule is CSC1=[NH+]SSC(SC)=C1SC.[I-]. The molecule has 1 aliphatic heterocycles. The lowest BCUT2D eigenvalue weighted by Gasteiger charge is -2.08. The topological polar surface area (TPSA) is 14.0 Å². The molecule has 1 aliphatic rings. The van der Waals surface area contributed by atoms with Crippen LogP contribution < -0.4 is 28.4 Å². The first kappa shape index (κ1) is 14.9. The van der Waals surface area contributed by atoms with Gasteiger partial charge in [-0.2, -0.15) is 4.40 Å². The molecule has 13 heavy (non-hydrogen) atoms. The Kier molecular flexibility index (Phi) is 9.27. The van der Waals surface area contributed by atoms with Crippen LogP contribution >= 0.6 is 57.1 Å². The molecule has 0 aromatic carbocycles. The maximum Gasteiger partial charge on any atom is 0.262 e. The van der Waals surface area contributed by atoms with Gasteiger partial charge in [-0.3, -0.25) is 0 Å². The predicted molar refractivity (Wildman–Crippen MR) is 68.7 cm³/mol. The van der Waals surface area contributed by atoms with Crippen LogP contribution in [0.1, 0.15) is 0 Å². The molecule has 0 atom stereocenters. The van der Waals surface area contributed by atoms with E-state index in [9.17, 15) is 0 Å². The Morgan fingerprint density at radius 2 is 1.77 bits per heavy atom. The summed E-state index contributed by atoms with van der Waals surface area (Å²) in [7, 11) is 3.50. The minimum Gasteiger partial charge on any atom is -1.00 e. The van der Waals surface area contributed by atoms with E-state index in [1.165, 1.54) is 14.2 Å². The number of halogens is 1. The maximum atomic E-state index is 3.30. The highest BCUT2D eigenvalue weighted by Gasteiger charge is 2.23. The molecule has 1 heterocycles. The normalized spacial score (nSPS) is 16.7.